The first kappa shape index (κ1) is 20.9. The molecule has 1 aliphatic rings. The minimum absolute atomic E-state index is 0.00956. The number of imidazole rings is 1. The highest BCUT2D eigenvalue weighted by molar-refractivity contribution is 5.92. The molecule has 0 unspecified atom stereocenters. The van der Waals surface area contributed by atoms with Gasteiger partial charge in [-0.1, -0.05) is 13.8 Å². The molecule has 1 fully saturated rings. The minimum atomic E-state index is -0.457. The highest BCUT2D eigenvalue weighted by Crippen LogP contribution is 2.15. The lowest BCUT2D eigenvalue weighted by Crippen LogP contribution is -2.49. The molecule has 1 aliphatic heterocycles. The van der Waals surface area contributed by atoms with E-state index in [1.807, 2.05) is 12.4 Å². The summed E-state index contributed by atoms with van der Waals surface area (Å²) < 4.78 is 2.22. The fraction of sp³-hybridized carbons (Fsp3) is 0.500. The molecule has 9 heteroatoms. The Hall–Kier alpha value is -2.78. The van der Waals surface area contributed by atoms with Gasteiger partial charge >= 0.3 is 0 Å². The van der Waals surface area contributed by atoms with Crippen molar-refractivity contribution in [2.75, 3.05) is 44.6 Å². The molecule has 0 radical (unpaired) electrons. The molecule has 0 spiro atoms. The number of carbonyl (C=O) groups is 1. The molecule has 1 amide bonds. The molecule has 29 heavy (non-hydrogen) atoms. The van der Waals surface area contributed by atoms with Gasteiger partial charge in [-0.25, -0.2) is 4.98 Å². The first-order valence-corrected chi connectivity index (χ1v) is 9.92. The average Bonchev–Trinajstić information content (AvgIpc) is 3.17. The zero-order valence-corrected chi connectivity index (χ0v) is 17.0. The van der Waals surface area contributed by atoms with Crippen LogP contribution in [0.25, 0.3) is 0 Å². The van der Waals surface area contributed by atoms with E-state index in [0.717, 1.165) is 45.1 Å². The van der Waals surface area contributed by atoms with Gasteiger partial charge in [-0.3, -0.25) is 24.7 Å². The van der Waals surface area contributed by atoms with Gasteiger partial charge in [-0.05, 0) is 12.1 Å². The van der Waals surface area contributed by atoms with Gasteiger partial charge in [-0.15, -0.1) is 0 Å². The van der Waals surface area contributed by atoms with E-state index in [1.54, 1.807) is 12.1 Å². The quantitative estimate of drug-likeness (QED) is 0.539. The molecule has 1 saturated heterocycles. The number of nitro groups is 1. The van der Waals surface area contributed by atoms with E-state index in [4.69, 9.17) is 0 Å². The van der Waals surface area contributed by atoms with Crippen LogP contribution >= 0.6 is 0 Å². The summed E-state index contributed by atoms with van der Waals surface area (Å²) >= 11 is 0. The highest BCUT2D eigenvalue weighted by atomic mass is 16.6. The third-order valence-corrected chi connectivity index (χ3v) is 5.12. The molecule has 1 aromatic heterocycles. The Balaban J connectivity index is 1.39. The van der Waals surface area contributed by atoms with E-state index in [0.29, 0.717) is 18.2 Å². The summed E-state index contributed by atoms with van der Waals surface area (Å²) in [4.78, 5) is 31.5. The number of benzene rings is 1. The SMILES string of the molecule is CC(C)c1nccn1CCN1CCN(CC(=O)Nc2ccc([N+](=O)[O-])cc2)CC1. The number of nitrogens with zero attached hydrogens (tertiary/aromatic N) is 5. The van der Waals surface area contributed by atoms with Crippen LogP contribution in [0.5, 0.6) is 0 Å². The van der Waals surface area contributed by atoms with Crippen molar-refractivity contribution in [3.63, 3.8) is 0 Å². The van der Waals surface area contributed by atoms with E-state index in [9.17, 15) is 14.9 Å². The van der Waals surface area contributed by atoms with Gasteiger partial charge in [0.1, 0.15) is 5.82 Å². The Bertz CT molecular complexity index is 825. The lowest BCUT2D eigenvalue weighted by Gasteiger charge is -2.34. The molecule has 1 N–H and O–H groups in total. The number of anilines is 1. The first-order valence-electron chi connectivity index (χ1n) is 9.92. The van der Waals surface area contributed by atoms with Crippen LogP contribution in [0.4, 0.5) is 11.4 Å². The van der Waals surface area contributed by atoms with E-state index < -0.39 is 4.92 Å². The van der Waals surface area contributed by atoms with Crippen LogP contribution < -0.4 is 5.32 Å². The van der Waals surface area contributed by atoms with E-state index in [1.165, 1.54) is 12.1 Å². The summed E-state index contributed by atoms with van der Waals surface area (Å²) in [5.74, 6) is 1.43. The fourth-order valence-electron chi connectivity index (χ4n) is 3.50. The maximum atomic E-state index is 12.3. The Morgan fingerprint density at radius 2 is 1.79 bits per heavy atom. The molecular weight excluding hydrogens is 372 g/mol. The summed E-state index contributed by atoms with van der Waals surface area (Å²) in [6.45, 7) is 10.1. The molecule has 3 rings (SSSR count). The third kappa shape index (κ3) is 5.85. The number of nitrogens with one attached hydrogen (secondary N) is 1. The largest absolute Gasteiger partial charge is 0.333 e. The summed E-state index contributed by atoms with van der Waals surface area (Å²) in [5.41, 5.74) is 0.579. The predicted molar refractivity (Wildman–Crippen MR) is 111 cm³/mol. The Labute approximate surface area is 170 Å². The molecule has 1 aromatic carbocycles. The Morgan fingerprint density at radius 3 is 2.41 bits per heavy atom. The van der Waals surface area contributed by atoms with Crippen molar-refractivity contribution in [3.05, 3.63) is 52.6 Å². The fourth-order valence-corrected chi connectivity index (χ4v) is 3.50. The van der Waals surface area contributed by atoms with Gasteiger partial charge in [0.15, 0.2) is 0 Å². The lowest BCUT2D eigenvalue weighted by atomic mass is 10.2. The first-order chi connectivity index (χ1) is 13.9. The summed E-state index contributed by atoms with van der Waals surface area (Å²) in [6.07, 6.45) is 3.89. The third-order valence-electron chi connectivity index (χ3n) is 5.12. The number of rotatable bonds is 8. The average molecular weight is 400 g/mol. The predicted octanol–water partition coefficient (Wildman–Crippen LogP) is 2.17. The van der Waals surface area contributed by atoms with Crippen LogP contribution in [0, 0.1) is 10.1 Å². The second kappa shape index (κ2) is 9.62. The van der Waals surface area contributed by atoms with Crippen LogP contribution in [0.3, 0.4) is 0 Å². The molecule has 156 valence electrons. The number of hydrogen-bond donors (Lipinski definition) is 1. The van der Waals surface area contributed by atoms with Crippen molar-refractivity contribution < 1.29 is 9.72 Å². The zero-order chi connectivity index (χ0) is 20.8. The lowest BCUT2D eigenvalue weighted by molar-refractivity contribution is -0.384. The van der Waals surface area contributed by atoms with E-state index in [-0.39, 0.29) is 11.6 Å². The number of nitro benzene ring substituents is 1. The molecule has 0 atom stereocenters. The minimum Gasteiger partial charge on any atom is -0.333 e. The van der Waals surface area contributed by atoms with Gasteiger partial charge in [0.05, 0.1) is 11.5 Å². The van der Waals surface area contributed by atoms with Crippen LogP contribution in [0.15, 0.2) is 36.7 Å². The Morgan fingerprint density at radius 1 is 1.14 bits per heavy atom. The van der Waals surface area contributed by atoms with E-state index >= 15 is 0 Å². The Kier molecular flexibility index (Phi) is 6.95. The number of amides is 1. The van der Waals surface area contributed by atoms with Gasteiger partial charge < -0.3 is 9.88 Å². The molecule has 0 bridgehead atoms. The number of carbonyl (C=O) groups excluding carboxylic acids is 1. The number of aromatic nitrogens is 2. The number of piperazine rings is 1. The smallest absolute Gasteiger partial charge is 0.269 e. The standard InChI is InChI=1S/C20H28N6O3/c1-16(2)20-21-7-8-25(20)14-13-23-9-11-24(12-10-23)15-19(27)22-17-3-5-18(6-4-17)26(28)29/h3-8,16H,9-15H2,1-2H3,(H,22,27). The highest BCUT2D eigenvalue weighted by Gasteiger charge is 2.19. The summed E-state index contributed by atoms with van der Waals surface area (Å²) in [7, 11) is 0. The normalized spacial score (nSPS) is 15.6. The van der Waals surface area contributed by atoms with Crippen LogP contribution in [0.2, 0.25) is 0 Å². The second-order valence-electron chi connectivity index (χ2n) is 7.60. The summed E-state index contributed by atoms with van der Waals surface area (Å²) in [5, 5.41) is 13.5. The maximum Gasteiger partial charge on any atom is 0.269 e. The van der Waals surface area contributed by atoms with Gasteiger partial charge in [0.25, 0.3) is 5.69 Å². The van der Waals surface area contributed by atoms with Gasteiger partial charge in [-0.2, -0.15) is 0 Å². The van der Waals surface area contributed by atoms with Crippen molar-refractivity contribution in [1.82, 2.24) is 19.4 Å². The van der Waals surface area contributed by atoms with Gasteiger partial charge in [0.2, 0.25) is 5.91 Å². The van der Waals surface area contributed by atoms with E-state index in [2.05, 4.69) is 38.5 Å². The molecule has 9 nitrogen and oxygen atoms in total. The maximum absolute atomic E-state index is 12.3. The van der Waals surface area contributed by atoms with Gasteiger partial charge in [0, 0.05) is 75.4 Å². The summed E-state index contributed by atoms with van der Waals surface area (Å²) in [6, 6.07) is 5.88. The second-order valence-corrected chi connectivity index (χ2v) is 7.60. The van der Waals surface area contributed by atoms with Crippen LogP contribution in [0.1, 0.15) is 25.6 Å². The monoisotopic (exact) mass is 400 g/mol. The molecule has 2 aromatic rings. The van der Waals surface area contributed by atoms with Crippen molar-refractivity contribution in [2.24, 2.45) is 0 Å². The topological polar surface area (TPSA) is 96.5 Å². The molecule has 0 aliphatic carbocycles. The van der Waals surface area contributed by atoms with Crippen LogP contribution in [-0.2, 0) is 11.3 Å². The van der Waals surface area contributed by atoms with Crippen LogP contribution in [-0.4, -0.2) is 69.4 Å². The molecule has 2 heterocycles. The molecular formula is C20H28N6O3. The van der Waals surface area contributed by atoms with Crippen molar-refractivity contribution >= 4 is 17.3 Å². The van der Waals surface area contributed by atoms with Crippen molar-refractivity contribution in [2.45, 2.75) is 26.3 Å². The van der Waals surface area contributed by atoms with Crippen molar-refractivity contribution in [1.29, 1.82) is 0 Å². The zero-order valence-electron chi connectivity index (χ0n) is 17.0. The van der Waals surface area contributed by atoms with Crippen molar-refractivity contribution in [3.8, 4) is 0 Å². The number of non-ortho nitro benzene ring substituents is 1. The number of hydrogen-bond acceptors (Lipinski definition) is 6. The molecule has 0 saturated carbocycles.